The van der Waals surface area contributed by atoms with Gasteiger partial charge >= 0.3 is 0 Å². The molecule has 2 aromatic carbocycles. The van der Waals surface area contributed by atoms with Crippen molar-refractivity contribution in [1.82, 2.24) is 4.98 Å². The van der Waals surface area contributed by atoms with Crippen LogP contribution in [0.4, 0.5) is 9.52 Å². The van der Waals surface area contributed by atoms with E-state index >= 15 is 0 Å². The Morgan fingerprint density at radius 1 is 1.31 bits per heavy atom. The Labute approximate surface area is 155 Å². The molecular formula is C20H19FN2O2S. The fraction of sp³-hybridized carbons (Fsp3) is 0.300. The van der Waals surface area contributed by atoms with E-state index in [1.165, 1.54) is 23.5 Å². The number of aryl methyl sites for hydroxylation is 1. The summed E-state index contributed by atoms with van der Waals surface area (Å²) in [5, 5.41) is 0.576. The Morgan fingerprint density at radius 3 is 2.85 bits per heavy atom. The van der Waals surface area contributed by atoms with Crippen molar-refractivity contribution < 1.29 is 13.9 Å². The van der Waals surface area contributed by atoms with Crippen LogP contribution in [0, 0.1) is 12.7 Å². The number of nitrogens with zero attached hydrogens (tertiary/aromatic N) is 2. The fourth-order valence-electron chi connectivity index (χ4n) is 3.09. The van der Waals surface area contributed by atoms with Crippen molar-refractivity contribution in [3.05, 3.63) is 59.4 Å². The number of fused-ring (bicyclic) bond motifs is 1. The number of thiazole rings is 1. The summed E-state index contributed by atoms with van der Waals surface area (Å²) in [5.41, 5.74) is 2.40. The highest BCUT2D eigenvalue weighted by Crippen LogP contribution is 2.31. The number of amides is 1. The Kier molecular flexibility index (Phi) is 4.70. The highest BCUT2D eigenvalue weighted by Gasteiger charge is 2.27. The van der Waals surface area contributed by atoms with Gasteiger partial charge in [0.25, 0.3) is 5.91 Å². The lowest BCUT2D eigenvalue weighted by Gasteiger charge is -2.23. The van der Waals surface area contributed by atoms with Gasteiger partial charge in [0.05, 0.1) is 22.9 Å². The lowest BCUT2D eigenvalue weighted by molar-refractivity contribution is 0.0917. The topological polar surface area (TPSA) is 42.4 Å². The van der Waals surface area contributed by atoms with E-state index in [-0.39, 0.29) is 17.8 Å². The van der Waals surface area contributed by atoms with Gasteiger partial charge in [0.15, 0.2) is 5.13 Å². The lowest BCUT2D eigenvalue weighted by atomic mass is 10.1. The third-order valence-corrected chi connectivity index (χ3v) is 5.57. The molecule has 1 aliphatic heterocycles. The van der Waals surface area contributed by atoms with Crippen molar-refractivity contribution in [2.45, 2.75) is 25.9 Å². The first-order valence-electron chi connectivity index (χ1n) is 8.66. The van der Waals surface area contributed by atoms with Gasteiger partial charge in [0.1, 0.15) is 5.82 Å². The minimum absolute atomic E-state index is 0.00754. The fourth-order valence-corrected chi connectivity index (χ4v) is 4.09. The molecule has 0 radical (unpaired) electrons. The summed E-state index contributed by atoms with van der Waals surface area (Å²) in [7, 11) is 0. The Balaban J connectivity index is 1.70. The highest BCUT2D eigenvalue weighted by molar-refractivity contribution is 7.22. The molecule has 2 heterocycles. The van der Waals surface area contributed by atoms with Crippen molar-refractivity contribution in [2.75, 3.05) is 18.1 Å². The predicted octanol–water partition coefficient (Wildman–Crippen LogP) is 4.57. The number of hydrogen-bond acceptors (Lipinski definition) is 4. The third kappa shape index (κ3) is 3.48. The molecule has 0 N–H and O–H groups in total. The van der Waals surface area contributed by atoms with Crippen LogP contribution in [0.25, 0.3) is 10.2 Å². The van der Waals surface area contributed by atoms with Gasteiger partial charge in [-0.2, -0.15) is 0 Å². The second kappa shape index (κ2) is 7.13. The quantitative estimate of drug-likeness (QED) is 0.676. The average molecular weight is 370 g/mol. The van der Waals surface area contributed by atoms with E-state index in [4.69, 9.17) is 4.74 Å². The molecule has 0 saturated carbocycles. The van der Waals surface area contributed by atoms with Crippen LogP contribution < -0.4 is 4.90 Å². The first-order valence-corrected chi connectivity index (χ1v) is 9.48. The number of anilines is 1. The standard InChI is InChI=1S/C20H19FN2O2S/c1-13-4-6-14(7-5-13)19(24)23(12-16-3-2-10-25-16)20-22-17-9-8-15(21)11-18(17)26-20/h4-9,11,16H,2-3,10,12H2,1H3. The van der Waals surface area contributed by atoms with Gasteiger partial charge in [-0.1, -0.05) is 29.0 Å². The zero-order chi connectivity index (χ0) is 18.1. The van der Waals surface area contributed by atoms with Crippen LogP contribution in [0.5, 0.6) is 0 Å². The van der Waals surface area contributed by atoms with E-state index in [0.29, 0.717) is 22.8 Å². The number of hydrogen-bond donors (Lipinski definition) is 0. The van der Waals surface area contributed by atoms with Crippen LogP contribution in [-0.4, -0.2) is 30.1 Å². The molecule has 1 saturated heterocycles. The van der Waals surface area contributed by atoms with Crippen LogP contribution in [-0.2, 0) is 4.74 Å². The summed E-state index contributed by atoms with van der Waals surface area (Å²) in [5.74, 6) is -0.414. The number of carbonyl (C=O) groups excluding carboxylic acids is 1. The van der Waals surface area contributed by atoms with Gasteiger partial charge in [-0.3, -0.25) is 9.69 Å². The summed E-state index contributed by atoms with van der Waals surface area (Å²) in [6.07, 6.45) is 1.94. The molecule has 4 nitrogen and oxygen atoms in total. The number of benzene rings is 2. The normalized spacial score (nSPS) is 16.9. The molecule has 0 aliphatic carbocycles. The molecular weight excluding hydrogens is 351 g/mol. The Bertz CT molecular complexity index is 933. The van der Waals surface area contributed by atoms with Gasteiger partial charge in [0, 0.05) is 12.2 Å². The van der Waals surface area contributed by atoms with E-state index in [1.807, 2.05) is 31.2 Å². The Hall–Kier alpha value is -2.31. The SMILES string of the molecule is Cc1ccc(C(=O)N(CC2CCCO2)c2nc3ccc(F)cc3s2)cc1. The second-order valence-corrected chi connectivity index (χ2v) is 7.53. The molecule has 1 aromatic heterocycles. The number of carbonyl (C=O) groups is 1. The number of ether oxygens (including phenoxy) is 1. The van der Waals surface area contributed by atoms with Gasteiger partial charge in [0.2, 0.25) is 0 Å². The van der Waals surface area contributed by atoms with Gasteiger partial charge in [-0.05, 0) is 50.1 Å². The minimum Gasteiger partial charge on any atom is -0.376 e. The monoisotopic (exact) mass is 370 g/mol. The van der Waals surface area contributed by atoms with Crippen LogP contribution in [0.15, 0.2) is 42.5 Å². The molecule has 0 bridgehead atoms. The van der Waals surface area contributed by atoms with Crippen LogP contribution in [0.2, 0.25) is 0 Å². The molecule has 1 unspecified atom stereocenters. The van der Waals surface area contributed by atoms with Gasteiger partial charge in [-0.25, -0.2) is 9.37 Å². The molecule has 4 rings (SSSR count). The first kappa shape index (κ1) is 17.1. The smallest absolute Gasteiger partial charge is 0.260 e. The predicted molar refractivity (Wildman–Crippen MR) is 101 cm³/mol. The number of halogens is 1. The number of aromatic nitrogens is 1. The summed E-state index contributed by atoms with van der Waals surface area (Å²) in [6.45, 7) is 3.16. The molecule has 1 aliphatic rings. The van der Waals surface area contributed by atoms with E-state index in [0.717, 1.165) is 29.7 Å². The molecule has 1 fully saturated rings. The van der Waals surface area contributed by atoms with Crippen LogP contribution in [0.1, 0.15) is 28.8 Å². The number of rotatable bonds is 4. The first-order chi connectivity index (χ1) is 12.6. The van der Waals surface area contributed by atoms with Crippen molar-refractivity contribution in [3.63, 3.8) is 0 Å². The van der Waals surface area contributed by atoms with Crippen molar-refractivity contribution in [1.29, 1.82) is 0 Å². The highest BCUT2D eigenvalue weighted by atomic mass is 32.1. The van der Waals surface area contributed by atoms with Gasteiger partial charge in [-0.15, -0.1) is 0 Å². The van der Waals surface area contributed by atoms with E-state index in [2.05, 4.69) is 4.98 Å². The van der Waals surface area contributed by atoms with Crippen molar-refractivity contribution in [2.24, 2.45) is 0 Å². The minimum atomic E-state index is -0.303. The summed E-state index contributed by atoms with van der Waals surface area (Å²) in [6, 6.07) is 12.0. The molecule has 0 spiro atoms. The average Bonchev–Trinajstić information content (AvgIpc) is 3.28. The summed E-state index contributed by atoms with van der Waals surface area (Å²) in [4.78, 5) is 19.4. The largest absolute Gasteiger partial charge is 0.376 e. The maximum absolute atomic E-state index is 13.5. The molecule has 1 amide bonds. The zero-order valence-electron chi connectivity index (χ0n) is 14.4. The molecule has 3 aromatic rings. The molecule has 6 heteroatoms. The summed E-state index contributed by atoms with van der Waals surface area (Å²) < 4.78 is 20.0. The van der Waals surface area contributed by atoms with Crippen LogP contribution >= 0.6 is 11.3 Å². The Morgan fingerprint density at radius 2 is 2.12 bits per heavy atom. The van der Waals surface area contributed by atoms with Gasteiger partial charge < -0.3 is 4.74 Å². The zero-order valence-corrected chi connectivity index (χ0v) is 15.3. The van der Waals surface area contributed by atoms with E-state index in [1.54, 1.807) is 11.0 Å². The van der Waals surface area contributed by atoms with Crippen LogP contribution in [0.3, 0.4) is 0 Å². The van der Waals surface area contributed by atoms with Crippen molar-refractivity contribution >= 4 is 32.6 Å². The van der Waals surface area contributed by atoms with E-state index < -0.39 is 0 Å². The third-order valence-electron chi connectivity index (χ3n) is 4.52. The summed E-state index contributed by atoms with van der Waals surface area (Å²) >= 11 is 1.33. The maximum atomic E-state index is 13.5. The lowest BCUT2D eigenvalue weighted by Crippen LogP contribution is -2.37. The molecule has 1 atom stereocenters. The van der Waals surface area contributed by atoms with Crippen molar-refractivity contribution in [3.8, 4) is 0 Å². The van der Waals surface area contributed by atoms with E-state index in [9.17, 15) is 9.18 Å². The second-order valence-electron chi connectivity index (χ2n) is 6.53. The maximum Gasteiger partial charge on any atom is 0.260 e. The molecule has 134 valence electrons. The molecule has 26 heavy (non-hydrogen) atoms.